The van der Waals surface area contributed by atoms with Crippen LogP contribution in [-0.4, -0.2) is 52.8 Å². The standard InChI is InChI=1S/C27H40N3OSe/c1-6-10-16-30(17-11-7-2)21-12-13-23-25(19-21)32-26-20-22(29(14-8-3)15-9-4)18-24(31-5)27(26)28-23/h12-13,18-20H,6-11,14-17H2,1-5H3/q+1. The fraction of sp³-hybridized carbons (Fsp3) is 0.556. The van der Waals surface area contributed by atoms with E-state index >= 15 is 0 Å². The summed E-state index contributed by atoms with van der Waals surface area (Å²) in [6, 6.07) is 11.4. The molecule has 0 N–H and O–H groups in total. The fourth-order valence-electron chi connectivity index (χ4n) is 4.18. The molecule has 0 saturated carbocycles. The molecule has 1 heterocycles. The maximum atomic E-state index is 5.81. The van der Waals surface area contributed by atoms with E-state index in [1.807, 2.05) is 0 Å². The molecule has 4 nitrogen and oxygen atoms in total. The van der Waals surface area contributed by atoms with Crippen LogP contribution in [0, 0.1) is 0 Å². The number of rotatable bonds is 12. The third-order valence-electron chi connectivity index (χ3n) is 5.92. The Balaban J connectivity index is 2.15. The van der Waals surface area contributed by atoms with Crippen LogP contribution < -0.4 is 19.6 Å². The zero-order valence-corrected chi connectivity index (χ0v) is 22.3. The van der Waals surface area contributed by atoms with Gasteiger partial charge < -0.3 is 0 Å². The first kappa shape index (κ1) is 24.8. The molecule has 0 unspecified atom stereocenters. The number of nitrogens with zero attached hydrogens (tertiary/aromatic N) is 3. The van der Waals surface area contributed by atoms with Crippen molar-refractivity contribution in [3.05, 3.63) is 35.7 Å². The molecule has 0 saturated heterocycles. The van der Waals surface area contributed by atoms with Gasteiger partial charge in [0.05, 0.1) is 0 Å². The van der Waals surface area contributed by atoms with E-state index in [1.165, 1.54) is 45.4 Å². The van der Waals surface area contributed by atoms with E-state index in [9.17, 15) is 0 Å². The van der Waals surface area contributed by atoms with Crippen LogP contribution in [0.2, 0.25) is 0 Å². The van der Waals surface area contributed by atoms with Gasteiger partial charge >= 0.3 is 200 Å². The molecule has 0 radical (unpaired) electrons. The van der Waals surface area contributed by atoms with Crippen molar-refractivity contribution in [1.29, 1.82) is 0 Å². The van der Waals surface area contributed by atoms with Gasteiger partial charge in [-0.1, -0.05) is 0 Å². The predicted molar refractivity (Wildman–Crippen MR) is 139 cm³/mol. The van der Waals surface area contributed by atoms with Crippen molar-refractivity contribution in [2.45, 2.75) is 66.2 Å². The van der Waals surface area contributed by atoms with Gasteiger partial charge in [-0.05, 0) is 0 Å². The molecule has 0 aromatic heterocycles. The van der Waals surface area contributed by atoms with Gasteiger partial charge in [0.25, 0.3) is 0 Å². The van der Waals surface area contributed by atoms with E-state index in [4.69, 9.17) is 9.72 Å². The summed E-state index contributed by atoms with van der Waals surface area (Å²) in [5.41, 5.74) is 3.41. The number of fused-ring (bicyclic) bond motifs is 2. The molecule has 0 bridgehead atoms. The fourth-order valence-corrected chi connectivity index (χ4v) is 6.40. The van der Waals surface area contributed by atoms with Crippen molar-refractivity contribution in [2.24, 2.45) is 0 Å². The number of methoxy groups -OCH3 is 1. The van der Waals surface area contributed by atoms with Gasteiger partial charge in [-0.15, -0.1) is 0 Å². The molecule has 1 aromatic carbocycles. The van der Waals surface area contributed by atoms with Gasteiger partial charge in [0.15, 0.2) is 0 Å². The molecular weight excluding hydrogens is 461 g/mol. The van der Waals surface area contributed by atoms with E-state index in [0.29, 0.717) is 0 Å². The number of aromatic nitrogens is 1. The minimum absolute atomic E-state index is 0.219. The molecule has 0 atom stereocenters. The molecule has 1 aromatic rings. The third-order valence-corrected chi connectivity index (χ3v) is 8.18. The van der Waals surface area contributed by atoms with Crippen molar-refractivity contribution in [1.82, 2.24) is 9.56 Å². The Bertz CT molecular complexity index is 1030. The summed E-state index contributed by atoms with van der Waals surface area (Å²) in [7, 11) is 1.77. The van der Waals surface area contributed by atoms with Crippen LogP contribution in [0.5, 0.6) is 5.75 Å². The maximum absolute atomic E-state index is 5.81. The second kappa shape index (κ2) is 12.4. The van der Waals surface area contributed by atoms with Crippen LogP contribution in [0.4, 0.5) is 5.69 Å². The summed E-state index contributed by atoms with van der Waals surface area (Å²) < 4.78 is 11.1. The van der Waals surface area contributed by atoms with E-state index < -0.39 is 0 Å². The van der Waals surface area contributed by atoms with Crippen LogP contribution in [0.25, 0.3) is 19.9 Å². The van der Waals surface area contributed by atoms with Gasteiger partial charge in [0.2, 0.25) is 0 Å². The normalized spacial score (nSPS) is 11.3. The molecule has 0 spiro atoms. The van der Waals surface area contributed by atoms with Crippen LogP contribution in [0.15, 0.2) is 30.3 Å². The Hall–Kier alpha value is -1.84. The molecule has 0 amide bonds. The number of hydrogen-bond donors (Lipinski definition) is 0. The second-order valence-corrected chi connectivity index (χ2v) is 10.8. The monoisotopic (exact) mass is 502 g/mol. The third kappa shape index (κ3) is 5.93. The summed E-state index contributed by atoms with van der Waals surface area (Å²) in [5.74, 6) is 0.902. The number of benzene rings is 2. The zero-order valence-electron chi connectivity index (χ0n) is 20.6. The molecule has 2 aliphatic rings. The second-order valence-electron chi connectivity index (χ2n) is 8.54. The predicted octanol–water partition coefficient (Wildman–Crippen LogP) is 5.40. The molecule has 174 valence electrons. The van der Waals surface area contributed by atoms with Gasteiger partial charge in [0.1, 0.15) is 0 Å². The number of anilines is 1. The average molecular weight is 502 g/mol. The molecule has 5 heteroatoms. The number of hydrogen-bond acceptors (Lipinski definition) is 3. The van der Waals surface area contributed by atoms with Gasteiger partial charge in [-0.25, -0.2) is 0 Å². The zero-order chi connectivity index (χ0) is 22.9. The van der Waals surface area contributed by atoms with Crippen LogP contribution in [-0.2, 0) is 0 Å². The Morgan fingerprint density at radius 3 is 2.19 bits per heavy atom. The summed E-state index contributed by atoms with van der Waals surface area (Å²) >= 11 is 0.219. The first-order chi connectivity index (χ1) is 15.6. The van der Waals surface area contributed by atoms with Crippen LogP contribution in [0.1, 0.15) is 66.2 Å². The Morgan fingerprint density at radius 2 is 1.59 bits per heavy atom. The molecule has 32 heavy (non-hydrogen) atoms. The van der Waals surface area contributed by atoms with Crippen molar-refractivity contribution >= 4 is 30.0 Å². The first-order valence-corrected chi connectivity index (χ1v) is 14.1. The SMILES string of the molecule is CCCC[N+](CCCC)=c1ccc2nc3c(OC)cc(N(CCC)CCC)cc3[se]c-2c1. The quantitative estimate of drug-likeness (QED) is 0.189. The van der Waals surface area contributed by atoms with Crippen LogP contribution >= 0.6 is 0 Å². The van der Waals surface area contributed by atoms with E-state index in [-0.39, 0.29) is 14.5 Å². The minimum atomic E-state index is 0.219. The molecule has 1 aliphatic heterocycles. The Labute approximate surface area is 200 Å². The van der Waals surface area contributed by atoms with Gasteiger partial charge in [-0.3, -0.25) is 0 Å². The average Bonchev–Trinajstić information content (AvgIpc) is 2.81. The summed E-state index contributed by atoms with van der Waals surface area (Å²) in [5, 5.41) is 1.35. The number of ether oxygens (including phenoxy) is 1. The van der Waals surface area contributed by atoms with Gasteiger partial charge in [-0.2, -0.15) is 0 Å². The number of unbranched alkanes of at least 4 members (excludes halogenated alkanes) is 2. The topological polar surface area (TPSA) is 28.4 Å². The molecule has 1 aliphatic carbocycles. The first-order valence-electron chi connectivity index (χ1n) is 12.4. The van der Waals surface area contributed by atoms with Crippen molar-refractivity contribution in [3.63, 3.8) is 0 Å². The van der Waals surface area contributed by atoms with Crippen LogP contribution in [0.3, 0.4) is 0 Å². The summed E-state index contributed by atoms with van der Waals surface area (Å²) in [6.45, 7) is 13.5. The van der Waals surface area contributed by atoms with E-state index in [0.717, 1.165) is 56.0 Å². The summed E-state index contributed by atoms with van der Waals surface area (Å²) in [4.78, 5) is 7.54. The van der Waals surface area contributed by atoms with Gasteiger partial charge in [0, 0.05) is 0 Å². The van der Waals surface area contributed by atoms with Crippen molar-refractivity contribution in [3.8, 4) is 15.9 Å². The van der Waals surface area contributed by atoms with Crippen molar-refractivity contribution in [2.75, 3.05) is 38.2 Å². The summed E-state index contributed by atoms with van der Waals surface area (Å²) in [6.07, 6.45) is 7.23. The van der Waals surface area contributed by atoms with E-state index in [1.54, 1.807) is 7.11 Å². The Kier molecular flexibility index (Phi) is 9.62. The molecule has 0 fully saturated rings. The molecular formula is C27H40N3OSe+. The van der Waals surface area contributed by atoms with Crippen molar-refractivity contribution < 1.29 is 4.74 Å². The molecule has 3 rings (SSSR count). The van der Waals surface area contributed by atoms with E-state index in [2.05, 4.69) is 67.5 Å². The Morgan fingerprint density at radius 1 is 0.906 bits per heavy atom.